The molecule has 1 aliphatic carbocycles. The fraction of sp³-hybridized carbons (Fsp3) is 0.692. The minimum absolute atomic E-state index is 0.0878. The standard InChI is InChI=1S/C13H22N4O2/c1-3-19-7-6-17-12(8-9(2)16-17)13(18)15-11-5-4-10(11)14/h8,10-11H,3-7,14H2,1-2H3,(H,15,18)/t10-,11+/m0/s1. The lowest BCUT2D eigenvalue weighted by Gasteiger charge is -2.34. The van der Waals surface area contributed by atoms with Crippen LogP contribution in [0.15, 0.2) is 6.07 Å². The van der Waals surface area contributed by atoms with Gasteiger partial charge < -0.3 is 15.8 Å². The normalized spacial score (nSPS) is 22.1. The molecule has 6 nitrogen and oxygen atoms in total. The van der Waals surface area contributed by atoms with E-state index in [1.54, 1.807) is 10.7 Å². The number of nitrogens with two attached hydrogens (primary N) is 1. The summed E-state index contributed by atoms with van der Waals surface area (Å²) in [5, 5.41) is 7.28. The number of amides is 1. The Kier molecular flexibility index (Phi) is 4.55. The van der Waals surface area contributed by atoms with Crippen LogP contribution >= 0.6 is 0 Å². The highest BCUT2D eigenvalue weighted by atomic mass is 16.5. The molecule has 1 fully saturated rings. The van der Waals surface area contributed by atoms with Crippen LogP contribution in [0, 0.1) is 6.92 Å². The predicted molar refractivity (Wildman–Crippen MR) is 71.9 cm³/mol. The van der Waals surface area contributed by atoms with Crippen LogP contribution in [0.25, 0.3) is 0 Å². The molecule has 0 aliphatic heterocycles. The number of carbonyl (C=O) groups excluding carboxylic acids is 1. The van der Waals surface area contributed by atoms with E-state index in [4.69, 9.17) is 10.5 Å². The highest BCUT2D eigenvalue weighted by Gasteiger charge is 2.29. The average molecular weight is 266 g/mol. The largest absolute Gasteiger partial charge is 0.380 e. The molecular weight excluding hydrogens is 244 g/mol. The lowest BCUT2D eigenvalue weighted by molar-refractivity contribution is 0.0888. The molecule has 0 radical (unpaired) electrons. The van der Waals surface area contributed by atoms with Crippen LogP contribution < -0.4 is 11.1 Å². The number of aryl methyl sites for hydroxylation is 1. The van der Waals surface area contributed by atoms with Crippen molar-refractivity contribution in [1.29, 1.82) is 0 Å². The van der Waals surface area contributed by atoms with Crippen LogP contribution in [0.4, 0.5) is 0 Å². The first-order chi connectivity index (χ1) is 9.11. The zero-order valence-corrected chi connectivity index (χ0v) is 11.6. The fourth-order valence-electron chi connectivity index (χ4n) is 2.14. The van der Waals surface area contributed by atoms with Crippen LogP contribution in [0.3, 0.4) is 0 Å². The molecule has 3 N–H and O–H groups in total. The summed E-state index contributed by atoms with van der Waals surface area (Å²) in [4.78, 5) is 12.2. The van der Waals surface area contributed by atoms with Crippen LogP contribution in [-0.2, 0) is 11.3 Å². The minimum atomic E-state index is -0.0998. The number of ether oxygens (including phenoxy) is 1. The third-order valence-electron chi connectivity index (χ3n) is 3.43. The van der Waals surface area contributed by atoms with Crippen molar-refractivity contribution in [3.63, 3.8) is 0 Å². The van der Waals surface area contributed by atoms with Gasteiger partial charge in [-0.1, -0.05) is 0 Å². The third-order valence-corrected chi connectivity index (χ3v) is 3.43. The van der Waals surface area contributed by atoms with Gasteiger partial charge in [-0.3, -0.25) is 9.48 Å². The number of rotatable bonds is 6. The molecule has 1 saturated carbocycles. The topological polar surface area (TPSA) is 82.2 Å². The van der Waals surface area contributed by atoms with Gasteiger partial charge in [-0.2, -0.15) is 5.10 Å². The van der Waals surface area contributed by atoms with Crippen molar-refractivity contribution < 1.29 is 9.53 Å². The second-order valence-corrected chi connectivity index (χ2v) is 4.91. The Morgan fingerprint density at radius 1 is 1.63 bits per heavy atom. The molecule has 0 bridgehead atoms. The van der Waals surface area contributed by atoms with Gasteiger partial charge in [0.15, 0.2) is 0 Å². The van der Waals surface area contributed by atoms with Crippen molar-refractivity contribution in [3.8, 4) is 0 Å². The van der Waals surface area contributed by atoms with E-state index < -0.39 is 0 Å². The van der Waals surface area contributed by atoms with Gasteiger partial charge in [0.05, 0.1) is 18.8 Å². The van der Waals surface area contributed by atoms with Gasteiger partial charge >= 0.3 is 0 Å². The summed E-state index contributed by atoms with van der Waals surface area (Å²) in [5.74, 6) is -0.0998. The molecule has 0 unspecified atom stereocenters. The Morgan fingerprint density at radius 2 is 2.42 bits per heavy atom. The Bertz CT molecular complexity index is 444. The molecule has 0 spiro atoms. The molecule has 106 valence electrons. The quantitative estimate of drug-likeness (QED) is 0.732. The highest BCUT2D eigenvalue weighted by Crippen LogP contribution is 2.18. The summed E-state index contributed by atoms with van der Waals surface area (Å²) < 4.78 is 7.00. The minimum Gasteiger partial charge on any atom is -0.380 e. The van der Waals surface area contributed by atoms with Crippen molar-refractivity contribution in [2.75, 3.05) is 13.2 Å². The predicted octanol–water partition coefficient (Wildman–Crippen LogP) is 0.448. The molecule has 1 heterocycles. The molecule has 19 heavy (non-hydrogen) atoms. The van der Waals surface area contributed by atoms with E-state index in [0.29, 0.717) is 25.5 Å². The van der Waals surface area contributed by atoms with E-state index in [-0.39, 0.29) is 18.0 Å². The van der Waals surface area contributed by atoms with E-state index >= 15 is 0 Å². The molecule has 6 heteroatoms. The third kappa shape index (κ3) is 3.33. The second kappa shape index (κ2) is 6.16. The molecule has 1 amide bonds. The van der Waals surface area contributed by atoms with Crippen LogP contribution in [-0.4, -0.2) is 41.0 Å². The van der Waals surface area contributed by atoms with Gasteiger partial charge in [-0.25, -0.2) is 0 Å². The Labute approximate surface area is 113 Å². The van der Waals surface area contributed by atoms with Crippen molar-refractivity contribution in [3.05, 3.63) is 17.5 Å². The maximum Gasteiger partial charge on any atom is 0.269 e. The van der Waals surface area contributed by atoms with Gasteiger partial charge in [0.1, 0.15) is 5.69 Å². The maximum atomic E-state index is 12.2. The Balaban J connectivity index is 1.99. The molecule has 1 aromatic rings. The Morgan fingerprint density at radius 3 is 3.00 bits per heavy atom. The smallest absolute Gasteiger partial charge is 0.269 e. The van der Waals surface area contributed by atoms with E-state index in [9.17, 15) is 4.79 Å². The van der Waals surface area contributed by atoms with Crippen LogP contribution in [0.1, 0.15) is 35.9 Å². The fourth-order valence-corrected chi connectivity index (χ4v) is 2.14. The first-order valence-corrected chi connectivity index (χ1v) is 6.80. The lowest BCUT2D eigenvalue weighted by Crippen LogP contribution is -2.54. The van der Waals surface area contributed by atoms with Gasteiger partial charge in [-0.15, -0.1) is 0 Å². The van der Waals surface area contributed by atoms with E-state index in [1.165, 1.54) is 0 Å². The summed E-state index contributed by atoms with van der Waals surface area (Å²) >= 11 is 0. The number of nitrogens with zero attached hydrogens (tertiary/aromatic N) is 2. The Hall–Kier alpha value is -1.40. The maximum absolute atomic E-state index is 12.2. The average Bonchev–Trinajstić information content (AvgIpc) is 2.75. The highest BCUT2D eigenvalue weighted by molar-refractivity contribution is 5.93. The zero-order chi connectivity index (χ0) is 13.8. The van der Waals surface area contributed by atoms with Gasteiger partial charge in [0.2, 0.25) is 0 Å². The summed E-state index contributed by atoms with van der Waals surface area (Å²) in [7, 11) is 0. The number of hydrogen-bond acceptors (Lipinski definition) is 4. The summed E-state index contributed by atoms with van der Waals surface area (Å²) in [6.07, 6.45) is 1.94. The van der Waals surface area contributed by atoms with E-state index in [2.05, 4.69) is 10.4 Å². The van der Waals surface area contributed by atoms with Gasteiger partial charge in [0, 0.05) is 18.7 Å². The zero-order valence-electron chi connectivity index (χ0n) is 11.6. The molecular formula is C13H22N4O2. The van der Waals surface area contributed by atoms with Crippen molar-refractivity contribution in [2.45, 2.75) is 45.3 Å². The van der Waals surface area contributed by atoms with E-state index in [0.717, 1.165) is 18.5 Å². The van der Waals surface area contributed by atoms with Gasteiger partial charge in [0.25, 0.3) is 5.91 Å². The summed E-state index contributed by atoms with van der Waals surface area (Å²) in [6, 6.07) is 1.98. The van der Waals surface area contributed by atoms with Crippen LogP contribution in [0.2, 0.25) is 0 Å². The molecule has 2 atom stereocenters. The molecule has 1 aliphatic rings. The number of hydrogen-bond donors (Lipinski definition) is 2. The van der Waals surface area contributed by atoms with Crippen molar-refractivity contribution in [1.82, 2.24) is 15.1 Å². The first kappa shape index (κ1) is 14.0. The van der Waals surface area contributed by atoms with Crippen molar-refractivity contribution >= 4 is 5.91 Å². The second-order valence-electron chi connectivity index (χ2n) is 4.91. The van der Waals surface area contributed by atoms with Gasteiger partial charge in [-0.05, 0) is 32.8 Å². The number of nitrogens with one attached hydrogen (secondary N) is 1. The SMILES string of the molecule is CCOCCn1nc(C)cc1C(=O)N[C@@H]1CC[C@@H]1N. The van der Waals surface area contributed by atoms with E-state index in [1.807, 2.05) is 13.8 Å². The molecule has 1 aromatic heterocycles. The first-order valence-electron chi connectivity index (χ1n) is 6.80. The number of aromatic nitrogens is 2. The summed E-state index contributed by atoms with van der Waals surface area (Å²) in [6.45, 7) is 5.63. The number of carbonyl (C=O) groups is 1. The van der Waals surface area contributed by atoms with Crippen molar-refractivity contribution in [2.24, 2.45) is 5.73 Å². The lowest BCUT2D eigenvalue weighted by atomic mass is 9.87. The molecule has 2 rings (SSSR count). The molecule has 0 saturated heterocycles. The summed E-state index contributed by atoms with van der Waals surface area (Å²) in [5.41, 5.74) is 7.25. The monoisotopic (exact) mass is 266 g/mol. The van der Waals surface area contributed by atoms with Crippen LogP contribution in [0.5, 0.6) is 0 Å². The molecule has 0 aromatic carbocycles.